The maximum absolute atomic E-state index is 13.9. The molecule has 2 N–H and O–H groups in total. The summed E-state index contributed by atoms with van der Waals surface area (Å²) in [5.41, 5.74) is 10.3. The Kier molecular flexibility index (Phi) is 19.2. The van der Waals surface area contributed by atoms with E-state index in [-0.39, 0.29) is 51.3 Å². The number of benzene rings is 2. The Hall–Kier alpha value is -4.43. The number of nitrogens with zero attached hydrogens (tertiary/aromatic N) is 3. The number of ether oxygens (including phenoxy) is 4. The average molecular weight is 847 g/mol. The van der Waals surface area contributed by atoms with Crippen LogP contribution in [0.5, 0.6) is 5.75 Å². The summed E-state index contributed by atoms with van der Waals surface area (Å²) in [6.45, 7) is 5.23. The van der Waals surface area contributed by atoms with E-state index in [1.807, 2.05) is 44.2 Å². The summed E-state index contributed by atoms with van der Waals surface area (Å²) in [6, 6.07) is 13.3. The highest BCUT2D eigenvalue weighted by Gasteiger charge is 2.37. The molecule has 0 radical (unpaired) electrons. The minimum absolute atomic E-state index is 0.0329. The van der Waals surface area contributed by atoms with Crippen LogP contribution in [0.1, 0.15) is 62.4 Å². The molecule has 0 fully saturated rings. The summed E-state index contributed by atoms with van der Waals surface area (Å²) in [6.07, 6.45) is 1.21. The summed E-state index contributed by atoms with van der Waals surface area (Å²) in [4.78, 5) is 68.6. The van der Waals surface area contributed by atoms with Crippen molar-refractivity contribution in [2.45, 2.75) is 82.1 Å². The third-order valence-corrected chi connectivity index (χ3v) is 10.3. The molecule has 0 bridgehead atoms. The van der Waals surface area contributed by atoms with Crippen LogP contribution in [0.3, 0.4) is 0 Å². The molecule has 0 aliphatic carbocycles. The average Bonchev–Trinajstić information content (AvgIpc) is 3.16. The van der Waals surface area contributed by atoms with Crippen molar-refractivity contribution in [3.05, 3.63) is 87.3 Å². The quantitative estimate of drug-likeness (QED) is 0.0366. The number of rotatable bonds is 16. The van der Waals surface area contributed by atoms with Crippen LogP contribution in [0.25, 0.3) is 10.4 Å². The molecule has 14 nitrogen and oxygen atoms in total. The van der Waals surface area contributed by atoms with Gasteiger partial charge >= 0.3 is 11.9 Å². The first-order valence-electron chi connectivity index (χ1n) is 18.1. The van der Waals surface area contributed by atoms with Crippen molar-refractivity contribution in [3.8, 4) is 5.75 Å². The molecule has 1 aliphatic heterocycles. The first-order valence-corrected chi connectivity index (χ1v) is 19.4. The number of cyclic esters (lactones) is 2. The van der Waals surface area contributed by atoms with Gasteiger partial charge in [0.1, 0.15) is 30.8 Å². The fraction of sp³-hybridized carbons (Fsp3) is 0.513. The standard InChI is InChI=1S/C39H49BrClN5O9/c1-24(2)20-33-39(51)54-31(25(3)36(53-19-18-47)35(40)27-10-6-5-7-11-27)13-8-14-34(48)45-30(22-26-15-16-32(52-4)29(41)21-26)37(49)43-23-28(38(50)55-33)12-9-17-44-46-42/h5-8,10-11,14-16,18,21,24-25,28,30-31,33,35-36H,9,12-13,17,19-20,22-23H2,1-4H3,(H,43,49)(H,45,48)/b14-8+/t25-,28+,30+,31-,33-,35-,36+/m0/s1. The zero-order valence-corrected chi connectivity index (χ0v) is 33.7. The van der Waals surface area contributed by atoms with Crippen molar-refractivity contribution < 1.29 is 42.9 Å². The Morgan fingerprint density at radius 2 is 1.84 bits per heavy atom. The lowest BCUT2D eigenvalue weighted by Crippen LogP contribution is -2.49. The minimum Gasteiger partial charge on any atom is -0.495 e. The first-order chi connectivity index (χ1) is 26.4. The van der Waals surface area contributed by atoms with E-state index in [0.717, 1.165) is 5.56 Å². The maximum atomic E-state index is 13.9. The molecular formula is C39H49BrClN5O9. The number of azide groups is 1. The van der Waals surface area contributed by atoms with Crippen molar-refractivity contribution in [1.82, 2.24) is 10.6 Å². The van der Waals surface area contributed by atoms with Crippen LogP contribution in [0.2, 0.25) is 5.02 Å². The molecule has 298 valence electrons. The van der Waals surface area contributed by atoms with Crippen LogP contribution in [-0.4, -0.2) is 81.2 Å². The third kappa shape index (κ3) is 14.6. The molecular weight excluding hydrogens is 798 g/mol. The molecule has 7 atom stereocenters. The van der Waals surface area contributed by atoms with E-state index in [1.165, 1.54) is 19.3 Å². The molecule has 2 aromatic rings. The van der Waals surface area contributed by atoms with E-state index in [9.17, 15) is 24.0 Å². The Morgan fingerprint density at radius 3 is 2.49 bits per heavy atom. The monoisotopic (exact) mass is 845 g/mol. The van der Waals surface area contributed by atoms with Crippen molar-refractivity contribution in [1.29, 1.82) is 0 Å². The van der Waals surface area contributed by atoms with Crippen molar-refractivity contribution in [2.24, 2.45) is 22.9 Å². The second kappa shape index (κ2) is 23.5. The highest BCUT2D eigenvalue weighted by molar-refractivity contribution is 9.09. The van der Waals surface area contributed by atoms with Gasteiger partial charge in [0.05, 0.1) is 29.0 Å². The lowest BCUT2D eigenvalue weighted by Gasteiger charge is -2.34. The van der Waals surface area contributed by atoms with Crippen LogP contribution in [0.15, 0.2) is 65.8 Å². The van der Waals surface area contributed by atoms with Crippen molar-refractivity contribution in [3.63, 3.8) is 0 Å². The van der Waals surface area contributed by atoms with E-state index < -0.39 is 64.8 Å². The Bertz CT molecular complexity index is 1670. The van der Waals surface area contributed by atoms with Gasteiger partial charge in [0.25, 0.3) is 0 Å². The minimum atomic E-state index is -1.30. The molecule has 1 aliphatic rings. The summed E-state index contributed by atoms with van der Waals surface area (Å²) in [7, 11) is 1.48. The second-order valence-electron chi connectivity index (χ2n) is 13.6. The summed E-state index contributed by atoms with van der Waals surface area (Å²) in [5.74, 6) is -3.85. The van der Waals surface area contributed by atoms with Crippen LogP contribution < -0.4 is 15.4 Å². The lowest BCUT2D eigenvalue weighted by atomic mass is 9.90. The second-order valence-corrected chi connectivity index (χ2v) is 15.0. The van der Waals surface area contributed by atoms with Crippen LogP contribution in [-0.2, 0) is 44.6 Å². The summed E-state index contributed by atoms with van der Waals surface area (Å²) in [5, 5.41) is 9.36. The van der Waals surface area contributed by atoms with Gasteiger partial charge in [-0.3, -0.25) is 14.4 Å². The molecule has 2 aromatic carbocycles. The predicted molar refractivity (Wildman–Crippen MR) is 209 cm³/mol. The van der Waals surface area contributed by atoms with Gasteiger partial charge in [-0.2, -0.15) is 0 Å². The van der Waals surface area contributed by atoms with Gasteiger partial charge in [0.15, 0.2) is 6.10 Å². The normalized spacial score (nSPS) is 22.2. The molecule has 0 aromatic heterocycles. The highest BCUT2D eigenvalue weighted by atomic mass is 79.9. The number of hydrogen-bond acceptors (Lipinski definition) is 10. The Balaban J connectivity index is 2.04. The molecule has 0 unspecified atom stereocenters. The molecule has 1 heterocycles. The van der Waals surface area contributed by atoms with Crippen LogP contribution in [0.4, 0.5) is 0 Å². The number of esters is 2. The number of carbonyl (C=O) groups excluding carboxylic acids is 5. The summed E-state index contributed by atoms with van der Waals surface area (Å²) < 4.78 is 23.2. The van der Waals surface area contributed by atoms with Crippen LogP contribution >= 0.6 is 27.5 Å². The van der Waals surface area contributed by atoms with Gasteiger partial charge in [-0.15, -0.1) is 0 Å². The van der Waals surface area contributed by atoms with Gasteiger partial charge < -0.3 is 34.4 Å². The van der Waals surface area contributed by atoms with E-state index in [2.05, 4.69) is 36.6 Å². The third-order valence-electron chi connectivity index (χ3n) is 9.00. The molecule has 2 amide bonds. The molecule has 16 heteroatoms. The van der Waals surface area contributed by atoms with Crippen molar-refractivity contribution >= 4 is 57.6 Å². The maximum Gasteiger partial charge on any atom is 0.347 e. The van der Waals surface area contributed by atoms with Gasteiger partial charge in [0, 0.05) is 36.8 Å². The molecule has 55 heavy (non-hydrogen) atoms. The number of halogens is 2. The van der Waals surface area contributed by atoms with E-state index in [4.69, 9.17) is 36.1 Å². The molecule has 3 rings (SSSR count). The number of amides is 2. The van der Waals surface area contributed by atoms with Gasteiger partial charge in [-0.25, -0.2) is 4.79 Å². The predicted octanol–water partition coefficient (Wildman–Crippen LogP) is 6.38. The largest absolute Gasteiger partial charge is 0.495 e. The number of aldehydes is 1. The van der Waals surface area contributed by atoms with E-state index in [1.54, 1.807) is 25.1 Å². The first kappa shape index (κ1) is 45.0. The lowest BCUT2D eigenvalue weighted by molar-refractivity contribution is -0.178. The topological polar surface area (TPSA) is 195 Å². The zero-order valence-electron chi connectivity index (χ0n) is 31.4. The number of nitrogens with one attached hydrogen (secondary N) is 2. The highest BCUT2D eigenvalue weighted by Crippen LogP contribution is 2.35. The van der Waals surface area contributed by atoms with Gasteiger partial charge in [-0.05, 0) is 60.0 Å². The van der Waals surface area contributed by atoms with Gasteiger partial charge in [0.2, 0.25) is 11.8 Å². The molecule has 0 saturated carbocycles. The van der Waals surface area contributed by atoms with Crippen molar-refractivity contribution in [2.75, 3.05) is 26.8 Å². The van der Waals surface area contributed by atoms with E-state index in [0.29, 0.717) is 29.0 Å². The number of hydrogen-bond donors (Lipinski definition) is 2. The molecule has 0 saturated heterocycles. The number of alkyl halides is 1. The fourth-order valence-corrected chi connectivity index (χ4v) is 7.28. The van der Waals surface area contributed by atoms with E-state index >= 15 is 0 Å². The number of methoxy groups -OCH3 is 1. The SMILES string of the molecule is COc1ccc(C[C@H]2NC(=O)/C=C/C[C@@H]([C@H](C)[C@@H](OCC=O)[C@@H](Br)c3ccccc3)OC(=O)[C@H](CC(C)C)OC(=O)[C@H](CCCN=[N+]=[N-])CNC2=O)cc1Cl. The molecule has 0 spiro atoms. The summed E-state index contributed by atoms with van der Waals surface area (Å²) >= 11 is 10.1. The fourth-order valence-electron chi connectivity index (χ4n) is 6.06. The zero-order chi connectivity index (χ0) is 40.3. The Morgan fingerprint density at radius 1 is 1.09 bits per heavy atom. The number of carbonyl (C=O) groups is 5. The van der Waals surface area contributed by atoms with Gasteiger partial charge in [-0.1, -0.05) is 95.9 Å². The Labute approximate surface area is 334 Å². The van der Waals surface area contributed by atoms with Crippen LogP contribution in [0, 0.1) is 17.8 Å². The smallest absolute Gasteiger partial charge is 0.347 e.